The van der Waals surface area contributed by atoms with Crippen LogP contribution in [-0.2, 0) is 9.53 Å². The molecule has 4 aliphatic heterocycles. The van der Waals surface area contributed by atoms with Gasteiger partial charge in [-0.1, -0.05) is 0 Å². The van der Waals surface area contributed by atoms with Crippen LogP contribution in [0.5, 0.6) is 0 Å². The molecule has 6 nitrogen and oxygen atoms in total. The van der Waals surface area contributed by atoms with Crippen molar-refractivity contribution in [2.45, 2.75) is 31.5 Å². The van der Waals surface area contributed by atoms with E-state index in [4.69, 9.17) is 9.84 Å². The summed E-state index contributed by atoms with van der Waals surface area (Å²) >= 11 is 0. The maximum atomic E-state index is 11.9. The quantitative estimate of drug-likeness (QED) is 0.677. The number of aliphatic hydroxyl groups excluding tert-OH is 1. The van der Waals surface area contributed by atoms with Crippen molar-refractivity contribution in [3.8, 4) is 0 Å². The average Bonchev–Trinajstić information content (AvgIpc) is 2.78. The number of amides is 3. The fraction of sp³-hybridized carbons (Fsp3) is 0.727. The topological polar surface area (TPSA) is 69.8 Å². The van der Waals surface area contributed by atoms with E-state index in [0.29, 0.717) is 13.1 Å². The highest BCUT2D eigenvalue weighted by Crippen LogP contribution is 2.27. The third-order valence-corrected chi connectivity index (χ3v) is 3.63. The van der Waals surface area contributed by atoms with Crippen molar-refractivity contribution >= 4 is 18.2 Å². The van der Waals surface area contributed by atoms with Gasteiger partial charge in [0, 0.05) is 0 Å². The highest BCUT2D eigenvalue weighted by Gasteiger charge is 2.53. The number of carbonyl (C=O) groups excluding carboxylic acids is 2. The van der Waals surface area contributed by atoms with Crippen LogP contribution in [0, 0.1) is 5.92 Å². The van der Waals surface area contributed by atoms with Crippen molar-refractivity contribution in [1.29, 1.82) is 0 Å². The molecule has 4 rings (SSSR count). The van der Waals surface area contributed by atoms with Gasteiger partial charge in [0.2, 0.25) is 6.67 Å². The van der Waals surface area contributed by atoms with Crippen LogP contribution in [0.1, 0.15) is 19.3 Å². The summed E-state index contributed by atoms with van der Waals surface area (Å²) in [5.41, 5.74) is 0. The number of imide groups is 1. The zero-order chi connectivity index (χ0) is 12.0. The SMILES string of the molecule is O=C1C(C[C@@H]2CCC(CO)O2)C=[N+]2CN1C2=O. The standard InChI is InChI=1S/C11H15N2O4/c14-5-9-2-1-8(17-9)3-7-4-12-6-13(10(7)15)11(12)16/h4,7-9,14H,1-3,5-6H2/q+1/t7?,8-,9?/m0/s1. The predicted molar refractivity (Wildman–Crippen MR) is 56.5 cm³/mol. The molecular weight excluding hydrogens is 224 g/mol. The van der Waals surface area contributed by atoms with Gasteiger partial charge in [-0.2, -0.15) is 9.37 Å². The highest BCUT2D eigenvalue weighted by atomic mass is 16.5. The number of fused-ring (bicyclic) bond motifs is 2. The van der Waals surface area contributed by atoms with E-state index >= 15 is 0 Å². The Hall–Kier alpha value is -1.27. The van der Waals surface area contributed by atoms with Crippen LogP contribution in [-0.4, -0.2) is 58.2 Å². The average molecular weight is 239 g/mol. The minimum Gasteiger partial charge on any atom is -0.394 e. The molecule has 3 atom stereocenters. The normalized spacial score (nSPS) is 35.9. The Labute approximate surface area is 98.5 Å². The summed E-state index contributed by atoms with van der Waals surface area (Å²) in [4.78, 5) is 24.4. The van der Waals surface area contributed by atoms with Crippen molar-refractivity contribution in [3.05, 3.63) is 0 Å². The highest BCUT2D eigenvalue weighted by molar-refractivity contribution is 6.05. The Kier molecular flexibility index (Phi) is 2.48. The molecule has 2 bridgehead atoms. The number of urea groups is 1. The molecule has 0 aromatic rings. The number of hydrogen-bond donors (Lipinski definition) is 1. The van der Waals surface area contributed by atoms with Gasteiger partial charge >= 0.3 is 11.9 Å². The zero-order valence-electron chi connectivity index (χ0n) is 9.41. The molecule has 92 valence electrons. The van der Waals surface area contributed by atoms with Gasteiger partial charge in [0.05, 0.1) is 25.0 Å². The molecule has 0 saturated carbocycles. The van der Waals surface area contributed by atoms with Gasteiger partial charge in [-0.3, -0.25) is 0 Å². The molecule has 0 radical (unpaired) electrons. The van der Waals surface area contributed by atoms with Crippen LogP contribution in [0.25, 0.3) is 0 Å². The number of aliphatic hydroxyl groups is 1. The molecular formula is C11H15N2O4+. The third-order valence-electron chi connectivity index (χ3n) is 3.63. The molecule has 2 saturated heterocycles. The first-order valence-corrected chi connectivity index (χ1v) is 5.92. The van der Waals surface area contributed by atoms with E-state index in [2.05, 4.69) is 0 Å². The molecule has 4 heterocycles. The molecule has 1 N–H and O–H groups in total. The fourth-order valence-corrected chi connectivity index (χ4v) is 2.64. The van der Waals surface area contributed by atoms with Crippen molar-refractivity contribution in [2.75, 3.05) is 13.3 Å². The predicted octanol–water partition coefficient (Wildman–Crippen LogP) is -0.451. The molecule has 2 fully saturated rings. The van der Waals surface area contributed by atoms with Gasteiger partial charge in [-0.15, -0.1) is 4.90 Å². The van der Waals surface area contributed by atoms with Gasteiger partial charge < -0.3 is 9.84 Å². The van der Waals surface area contributed by atoms with E-state index in [1.807, 2.05) is 0 Å². The third kappa shape index (κ3) is 1.68. The Morgan fingerprint density at radius 3 is 2.76 bits per heavy atom. The lowest BCUT2D eigenvalue weighted by molar-refractivity contribution is -0.513. The molecule has 0 aliphatic carbocycles. The van der Waals surface area contributed by atoms with Crippen molar-refractivity contribution < 1.29 is 24.0 Å². The lowest BCUT2D eigenvalue weighted by atomic mass is 9.97. The van der Waals surface area contributed by atoms with Crippen LogP contribution >= 0.6 is 0 Å². The number of ether oxygens (including phenoxy) is 1. The lowest BCUT2D eigenvalue weighted by Crippen LogP contribution is -2.64. The van der Waals surface area contributed by atoms with Crippen LogP contribution in [0.2, 0.25) is 0 Å². The number of nitrogens with zero attached hydrogens (tertiary/aromatic N) is 2. The van der Waals surface area contributed by atoms with Crippen LogP contribution in [0.4, 0.5) is 4.79 Å². The molecule has 4 aliphatic rings. The van der Waals surface area contributed by atoms with Gasteiger partial charge in [0.1, 0.15) is 5.92 Å². The maximum Gasteiger partial charge on any atom is 0.506 e. The number of carbonyl (C=O) groups is 2. The first-order valence-electron chi connectivity index (χ1n) is 5.92. The first kappa shape index (κ1) is 10.9. The summed E-state index contributed by atoms with van der Waals surface area (Å²) in [5.74, 6) is -0.363. The van der Waals surface area contributed by atoms with E-state index in [0.717, 1.165) is 12.8 Å². The summed E-state index contributed by atoms with van der Waals surface area (Å²) in [6.07, 6.45) is 3.96. The summed E-state index contributed by atoms with van der Waals surface area (Å²) in [5, 5.41) is 8.96. The van der Waals surface area contributed by atoms with E-state index in [-0.39, 0.29) is 36.7 Å². The largest absolute Gasteiger partial charge is 0.506 e. The van der Waals surface area contributed by atoms with Crippen LogP contribution in [0.3, 0.4) is 0 Å². The Morgan fingerprint density at radius 1 is 1.41 bits per heavy atom. The van der Waals surface area contributed by atoms with E-state index in [1.165, 1.54) is 4.90 Å². The van der Waals surface area contributed by atoms with E-state index in [9.17, 15) is 9.59 Å². The smallest absolute Gasteiger partial charge is 0.394 e. The van der Waals surface area contributed by atoms with E-state index < -0.39 is 0 Å². The van der Waals surface area contributed by atoms with Crippen molar-refractivity contribution in [3.63, 3.8) is 0 Å². The summed E-state index contributed by atoms with van der Waals surface area (Å²) in [6.45, 7) is 0.439. The minimum absolute atomic E-state index is 0.0207. The zero-order valence-corrected chi connectivity index (χ0v) is 9.41. The lowest BCUT2D eigenvalue weighted by Gasteiger charge is -2.30. The molecule has 0 spiro atoms. The minimum atomic E-state index is -0.246. The summed E-state index contributed by atoms with van der Waals surface area (Å²) in [6, 6.07) is -0.216. The Balaban J connectivity index is 1.64. The Bertz CT molecular complexity index is 406. The maximum absolute atomic E-state index is 11.9. The second kappa shape index (κ2) is 3.89. The van der Waals surface area contributed by atoms with Gasteiger partial charge in [-0.25, -0.2) is 4.79 Å². The molecule has 0 aromatic heterocycles. The summed E-state index contributed by atoms with van der Waals surface area (Å²) in [7, 11) is 0. The monoisotopic (exact) mass is 239 g/mol. The molecule has 17 heavy (non-hydrogen) atoms. The molecule has 6 heteroatoms. The second-order valence-corrected chi connectivity index (χ2v) is 4.79. The molecule has 0 aromatic carbocycles. The molecule has 2 unspecified atom stereocenters. The van der Waals surface area contributed by atoms with E-state index in [1.54, 1.807) is 10.8 Å². The van der Waals surface area contributed by atoms with Crippen LogP contribution in [0.15, 0.2) is 0 Å². The van der Waals surface area contributed by atoms with Crippen molar-refractivity contribution in [1.82, 2.24) is 4.90 Å². The van der Waals surface area contributed by atoms with Gasteiger partial charge in [0.25, 0.3) is 0 Å². The fourth-order valence-electron chi connectivity index (χ4n) is 2.64. The van der Waals surface area contributed by atoms with Gasteiger partial charge in [-0.05, 0) is 19.3 Å². The first-order chi connectivity index (χ1) is 8.19. The van der Waals surface area contributed by atoms with Crippen molar-refractivity contribution in [2.24, 2.45) is 5.92 Å². The number of rotatable bonds is 3. The van der Waals surface area contributed by atoms with Gasteiger partial charge in [0.15, 0.2) is 0 Å². The molecule has 3 amide bonds. The number of hydrogen-bond acceptors (Lipinski definition) is 4. The Morgan fingerprint density at radius 2 is 2.18 bits per heavy atom. The van der Waals surface area contributed by atoms with Crippen LogP contribution < -0.4 is 0 Å². The second-order valence-electron chi connectivity index (χ2n) is 4.79. The summed E-state index contributed by atoms with van der Waals surface area (Å²) < 4.78 is 7.15.